The van der Waals surface area contributed by atoms with E-state index in [1.54, 1.807) is 21.2 Å². The summed E-state index contributed by atoms with van der Waals surface area (Å²) in [5.74, 6) is 2.05. The molecule has 0 aliphatic rings. The van der Waals surface area contributed by atoms with Crippen LogP contribution < -0.4 is 15.4 Å². The van der Waals surface area contributed by atoms with Crippen LogP contribution in [-0.4, -0.2) is 57.7 Å². The molecule has 156 valence electrons. The zero-order valence-electron chi connectivity index (χ0n) is 17.6. The Kier molecular flexibility index (Phi) is 8.98. The number of para-hydroxylation sites is 1. The van der Waals surface area contributed by atoms with Gasteiger partial charge in [-0.15, -0.1) is 0 Å². The molecule has 0 aromatic heterocycles. The maximum atomic E-state index is 11.9. The SMILES string of the molecule is COCCNC(=NCc1ccc(C)cc1Oc1ccccc1)NCC(=O)N(C)C. The van der Waals surface area contributed by atoms with E-state index in [1.807, 2.05) is 55.5 Å². The third kappa shape index (κ3) is 7.83. The molecule has 2 aromatic carbocycles. The van der Waals surface area contributed by atoms with Gasteiger partial charge in [-0.3, -0.25) is 4.79 Å². The van der Waals surface area contributed by atoms with Gasteiger partial charge in [-0.2, -0.15) is 0 Å². The molecule has 0 fully saturated rings. The third-order valence-corrected chi connectivity index (χ3v) is 4.11. The lowest BCUT2D eigenvalue weighted by molar-refractivity contribution is -0.127. The van der Waals surface area contributed by atoms with Crippen LogP contribution in [0.15, 0.2) is 53.5 Å². The van der Waals surface area contributed by atoms with Gasteiger partial charge in [-0.25, -0.2) is 4.99 Å². The predicted octanol–water partition coefficient (Wildman–Crippen LogP) is 2.56. The number of nitrogens with one attached hydrogen (secondary N) is 2. The minimum atomic E-state index is -0.0327. The number of ether oxygens (including phenoxy) is 2. The van der Waals surface area contributed by atoms with Crippen LogP contribution in [0.4, 0.5) is 0 Å². The number of rotatable bonds is 9. The smallest absolute Gasteiger partial charge is 0.241 e. The lowest BCUT2D eigenvalue weighted by atomic mass is 10.1. The first kappa shape index (κ1) is 22.2. The van der Waals surface area contributed by atoms with E-state index in [1.165, 1.54) is 4.90 Å². The van der Waals surface area contributed by atoms with Crippen LogP contribution in [0.3, 0.4) is 0 Å². The van der Waals surface area contributed by atoms with Gasteiger partial charge in [0.2, 0.25) is 5.91 Å². The minimum absolute atomic E-state index is 0.0327. The van der Waals surface area contributed by atoms with Crippen LogP contribution in [0, 0.1) is 6.92 Å². The largest absolute Gasteiger partial charge is 0.457 e. The standard InChI is InChI=1S/C22H30N4O3/c1-17-10-11-18(20(14-17)29-19-8-6-5-7-9-19)15-24-22(23-12-13-28-4)25-16-21(27)26(2)3/h5-11,14H,12-13,15-16H2,1-4H3,(H2,23,24,25). The number of amides is 1. The fourth-order valence-electron chi connectivity index (χ4n) is 2.43. The van der Waals surface area contributed by atoms with E-state index in [2.05, 4.69) is 15.6 Å². The molecule has 0 saturated carbocycles. The number of nitrogens with zero attached hydrogens (tertiary/aromatic N) is 2. The number of carbonyl (C=O) groups is 1. The van der Waals surface area contributed by atoms with Crippen LogP contribution in [0.1, 0.15) is 11.1 Å². The van der Waals surface area contributed by atoms with Gasteiger partial charge in [-0.1, -0.05) is 30.3 Å². The zero-order chi connectivity index (χ0) is 21.1. The summed E-state index contributed by atoms with van der Waals surface area (Å²) < 4.78 is 11.1. The van der Waals surface area contributed by atoms with Gasteiger partial charge in [0.1, 0.15) is 11.5 Å². The number of methoxy groups -OCH3 is 1. The van der Waals surface area contributed by atoms with Crippen molar-refractivity contribution < 1.29 is 14.3 Å². The molecule has 0 saturated heterocycles. The molecule has 0 aliphatic carbocycles. The van der Waals surface area contributed by atoms with E-state index in [4.69, 9.17) is 9.47 Å². The normalized spacial score (nSPS) is 11.1. The van der Waals surface area contributed by atoms with Crippen LogP contribution in [-0.2, 0) is 16.1 Å². The van der Waals surface area contributed by atoms with Crippen LogP contribution in [0.5, 0.6) is 11.5 Å². The monoisotopic (exact) mass is 398 g/mol. The number of guanidine groups is 1. The van der Waals surface area contributed by atoms with Gasteiger partial charge in [-0.05, 0) is 30.7 Å². The Balaban J connectivity index is 2.14. The van der Waals surface area contributed by atoms with Crippen molar-refractivity contribution in [3.8, 4) is 11.5 Å². The van der Waals surface area contributed by atoms with Crippen molar-refractivity contribution in [2.75, 3.05) is 40.9 Å². The topological polar surface area (TPSA) is 75.2 Å². The number of hydrogen-bond acceptors (Lipinski definition) is 4. The summed E-state index contributed by atoms with van der Waals surface area (Å²) in [5, 5.41) is 6.23. The fourth-order valence-corrected chi connectivity index (χ4v) is 2.43. The number of carbonyl (C=O) groups excluding carboxylic acids is 1. The highest BCUT2D eigenvalue weighted by Crippen LogP contribution is 2.27. The third-order valence-electron chi connectivity index (χ3n) is 4.11. The Labute approximate surface area is 172 Å². The predicted molar refractivity (Wildman–Crippen MR) is 115 cm³/mol. The Bertz CT molecular complexity index is 807. The van der Waals surface area contributed by atoms with Crippen molar-refractivity contribution >= 4 is 11.9 Å². The highest BCUT2D eigenvalue weighted by Gasteiger charge is 2.08. The van der Waals surface area contributed by atoms with Crippen LogP contribution in [0.25, 0.3) is 0 Å². The second-order valence-corrected chi connectivity index (χ2v) is 6.75. The zero-order valence-corrected chi connectivity index (χ0v) is 17.6. The number of aryl methyl sites for hydroxylation is 1. The fraction of sp³-hybridized carbons (Fsp3) is 0.364. The summed E-state index contributed by atoms with van der Waals surface area (Å²) in [5.41, 5.74) is 2.06. The molecule has 0 atom stereocenters. The molecule has 2 N–H and O–H groups in total. The van der Waals surface area contributed by atoms with Gasteiger partial charge >= 0.3 is 0 Å². The van der Waals surface area contributed by atoms with E-state index in [0.29, 0.717) is 25.7 Å². The van der Waals surface area contributed by atoms with Gasteiger partial charge in [0.25, 0.3) is 0 Å². The van der Waals surface area contributed by atoms with Crippen LogP contribution >= 0.6 is 0 Å². The summed E-state index contributed by atoms with van der Waals surface area (Å²) in [6.45, 7) is 3.71. The highest BCUT2D eigenvalue weighted by molar-refractivity contribution is 5.86. The molecular weight excluding hydrogens is 368 g/mol. The number of hydrogen-bond donors (Lipinski definition) is 2. The Hall–Kier alpha value is -3.06. The maximum Gasteiger partial charge on any atom is 0.241 e. The molecular formula is C22H30N4O3. The molecule has 0 bridgehead atoms. The molecule has 29 heavy (non-hydrogen) atoms. The average molecular weight is 399 g/mol. The molecule has 0 spiro atoms. The molecule has 2 rings (SSSR count). The number of likely N-dealkylation sites (N-methyl/N-ethyl adjacent to an activating group) is 1. The van der Waals surface area contributed by atoms with E-state index in [0.717, 1.165) is 22.6 Å². The van der Waals surface area contributed by atoms with Gasteiger partial charge < -0.3 is 25.0 Å². The van der Waals surface area contributed by atoms with Crippen molar-refractivity contribution in [2.24, 2.45) is 4.99 Å². The number of aliphatic imine (C=N–C) groups is 1. The lowest BCUT2D eigenvalue weighted by Crippen LogP contribution is -2.43. The van der Waals surface area contributed by atoms with E-state index >= 15 is 0 Å². The summed E-state index contributed by atoms with van der Waals surface area (Å²) in [6.07, 6.45) is 0. The molecule has 0 aliphatic heterocycles. The van der Waals surface area contributed by atoms with Gasteiger partial charge in [0.15, 0.2) is 5.96 Å². The maximum absolute atomic E-state index is 11.9. The van der Waals surface area contributed by atoms with Gasteiger partial charge in [0, 0.05) is 33.3 Å². The molecule has 0 unspecified atom stereocenters. The molecule has 0 radical (unpaired) electrons. The van der Waals surface area contributed by atoms with Crippen LogP contribution in [0.2, 0.25) is 0 Å². The van der Waals surface area contributed by atoms with Gasteiger partial charge in [0.05, 0.1) is 19.7 Å². The molecule has 7 nitrogen and oxygen atoms in total. The first-order chi connectivity index (χ1) is 14.0. The van der Waals surface area contributed by atoms with Crippen molar-refractivity contribution in [3.63, 3.8) is 0 Å². The first-order valence-corrected chi connectivity index (χ1v) is 9.53. The Morgan fingerprint density at radius 2 is 1.86 bits per heavy atom. The van der Waals surface area contributed by atoms with Crippen molar-refractivity contribution in [3.05, 3.63) is 59.7 Å². The summed E-state index contributed by atoms with van der Waals surface area (Å²) in [6, 6.07) is 15.7. The second kappa shape index (κ2) is 11.7. The number of benzene rings is 2. The lowest BCUT2D eigenvalue weighted by Gasteiger charge is -2.15. The molecule has 2 aromatic rings. The van der Waals surface area contributed by atoms with E-state index in [9.17, 15) is 4.79 Å². The van der Waals surface area contributed by atoms with E-state index < -0.39 is 0 Å². The molecule has 0 heterocycles. The highest BCUT2D eigenvalue weighted by atomic mass is 16.5. The molecule has 7 heteroatoms. The Morgan fingerprint density at radius 1 is 1.10 bits per heavy atom. The summed E-state index contributed by atoms with van der Waals surface area (Å²) in [4.78, 5) is 18.0. The van der Waals surface area contributed by atoms with Crippen molar-refractivity contribution in [1.82, 2.24) is 15.5 Å². The average Bonchev–Trinajstić information content (AvgIpc) is 2.71. The second-order valence-electron chi connectivity index (χ2n) is 6.75. The minimum Gasteiger partial charge on any atom is -0.457 e. The summed E-state index contributed by atoms with van der Waals surface area (Å²) in [7, 11) is 5.08. The first-order valence-electron chi connectivity index (χ1n) is 9.53. The Morgan fingerprint density at radius 3 is 2.55 bits per heavy atom. The quantitative estimate of drug-likeness (QED) is 0.386. The summed E-state index contributed by atoms with van der Waals surface area (Å²) >= 11 is 0. The van der Waals surface area contributed by atoms with Crippen molar-refractivity contribution in [1.29, 1.82) is 0 Å². The van der Waals surface area contributed by atoms with Crippen molar-refractivity contribution in [2.45, 2.75) is 13.5 Å². The molecule has 1 amide bonds. The van der Waals surface area contributed by atoms with E-state index in [-0.39, 0.29) is 12.5 Å².